The van der Waals surface area contributed by atoms with E-state index in [1.165, 1.54) is 18.2 Å². The van der Waals surface area contributed by atoms with E-state index in [0.29, 0.717) is 11.4 Å². The molecule has 0 spiro atoms. The minimum Gasteiger partial charge on any atom is -0.485 e. The molecule has 2 rings (SSSR count). The van der Waals surface area contributed by atoms with Crippen molar-refractivity contribution in [2.24, 2.45) is 7.05 Å². The maximum atomic E-state index is 10.7. The Bertz CT molecular complexity index is 579. The third-order valence-corrected chi connectivity index (χ3v) is 2.28. The van der Waals surface area contributed by atoms with Crippen LogP contribution in [0, 0.1) is 0 Å². The molecule has 0 bridgehead atoms. The van der Waals surface area contributed by atoms with Crippen molar-refractivity contribution in [3.05, 3.63) is 35.7 Å². The number of carboxylic acid groups (broad SMARTS) is 1. The molecular formula is C11H12N4O3. The van der Waals surface area contributed by atoms with Crippen LogP contribution in [0.1, 0.15) is 16.1 Å². The molecule has 94 valence electrons. The molecule has 0 radical (unpaired) electrons. The number of carboxylic acids is 1. The quantitative estimate of drug-likeness (QED) is 0.771. The Morgan fingerprint density at radius 2 is 2.33 bits per heavy atom. The van der Waals surface area contributed by atoms with Crippen LogP contribution in [0.3, 0.4) is 0 Å². The van der Waals surface area contributed by atoms with Gasteiger partial charge in [-0.2, -0.15) is 0 Å². The zero-order valence-corrected chi connectivity index (χ0v) is 9.70. The first kappa shape index (κ1) is 11.9. The highest BCUT2D eigenvalue weighted by Gasteiger charge is 2.08. The van der Waals surface area contributed by atoms with Gasteiger partial charge in [0, 0.05) is 7.05 Å². The van der Waals surface area contributed by atoms with E-state index in [-0.39, 0.29) is 17.9 Å². The topological polar surface area (TPSA) is 103 Å². The lowest BCUT2D eigenvalue weighted by atomic mass is 10.2. The maximum Gasteiger partial charge on any atom is 0.335 e. The summed E-state index contributed by atoms with van der Waals surface area (Å²) in [6.45, 7) is 0.227. The summed E-state index contributed by atoms with van der Waals surface area (Å²) < 4.78 is 7.00. The molecule has 18 heavy (non-hydrogen) atoms. The number of nitrogen functional groups attached to an aromatic ring is 1. The number of benzene rings is 1. The van der Waals surface area contributed by atoms with Crippen LogP contribution in [0.4, 0.5) is 5.69 Å². The molecule has 0 amide bonds. The number of aryl methyl sites for hydroxylation is 1. The Labute approximate surface area is 103 Å². The molecule has 2 aromatic rings. The van der Waals surface area contributed by atoms with Gasteiger partial charge >= 0.3 is 5.97 Å². The summed E-state index contributed by atoms with van der Waals surface area (Å²) in [6, 6.07) is 4.31. The van der Waals surface area contributed by atoms with Gasteiger partial charge in [-0.25, -0.2) is 4.79 Å². The summed E-state index contributed by atoms with van der Waals surface area (Å²) in [5, 5.41) is 16.4. The average molecular weight is 248 g/mol. The van der Waals surface area contributed by atoms with E-state index < -0.39 is 5.97 Å². The van der Waals surface area contributed by atoms with Crippen molar-refractivity contribution in [1.82, 2.24) is 15.0 Å². The average Bonchev–Trinajstić information content (AvgIpc) is 2.73. The van der Waals surface area contributed by atoms with E-state index in [1.807, 2.05) is 0 Å². The van der Waals surface area contributed by atoms with Gasteiger partial charge < -0.3 is 15.6 Å². The van der Waals surface area contributed by atoms with Crippen molar-refractivity contribution in [3.63, 3.8) is 0 Å². The van der Waals surface area contributed by atoms with Gasteiger partial charge in [-0.15, -0.1) is 5.10 Å². The predicted octanol–water partition coefficient (Wildman–Crippen LogP) is 0.674. The van der Waals surface area contributed by atoms with Crippen LogP contribution in [0.2, 0.25) is 0 Å². The number of nitrogens with two attached hydrogens (primary N) is 1. The number of ether oxygens (including phenoxy) is 1. The SMILES string of the molecule is Cn1cc(COc2ccc(C(=O)O)cc2N)nn1. The molecule has 1 aromatic carbocycles. The van der Waals surface area contributed by atoms with E-state index >= 15 is 0 Å². The number of rotatable bonds is 4. The number of hydrogen-bond donors (Lipinski definition) is 2. The standard InChI is InChI=1S/C11H12N4O3/c1-15-5-8(13-14-15)6-18-10-3-2-7(11(16)17)4-9(10)12/h2-5H,6,12H2,1H3,(H,16,17). The summed E-state index contributed by atoms with van der Waals surface area (Å²) in [6.07, 6.45) is 1.72. The van der Waals surface area contributed by atoms with Crippen LogP contribution in [0.5, 0.6) is 5.75 Å². The minimum atomic E-state index is -1.03. The van der Waals surface area contributed by atoms with Crippen molar-refractivity contribution in [2.45, 2.75) is 6.61 Å². The Morgan fingerprint density at radius 1 is 1.56 bits per heavy atom. The van der Waals surface area contributed by atoms with Crippen molar-refractivity contribution in [1.29, 1.82) is 0 Å². The molecule has 3 N–H and O–H groups in total. The molecule has 0 atom stereocenters. The lowest BCUT2D eigenvalue weighted by molar-refractivity contribution is 0.0697. The predicted molar refractivity (Wildman–Crippen MR) is 63.1 cm³/mol. The number of anilines is 1. The molecule has 1 aromatic heterocycles. The smallest absolute Gasteiger partial charge is 0.335 e. The van der Waals surface area contributed by atoms with Gasteiger partial charge in [0.1, 0.15) is 18.1 Å². The summed E-state index contributed by atoms with van der Waals surface area (Å²) >= 11 is 0. The Balaban J connectivity index is 2.08. The molecule has 1 heterocycles. The second-order valence-electron chi connectivity index (χ2n) is 3.73. The minimum absolute atomic E-state index is 0.124. The van der Waals surface area contributed by atoms with Crippen LogP contribution in [0.25, 0.3) is 0 Å². The maximum absolute atomic E-state index is 10.7. The largest absolute Gasteiger partial charge is 0.485 e. The van der Waals surface area contributed by atoms with Crippen LogP contribution in [0.15, 0.2) is 24.4 Å². The summed E-state index contributed by atoms with van der Waals surface area (Å²) in [5.74, 6) is -0.604. The molecular weight excluding hydrogens is 236 g/mol. The third kappa shape index (κ3) is 2.57. The zero-order chi connectivity index (χ0) is 13.1. The summed E-state index contributed by atoms with van der Waals surface area (Å²) in [5.41, 5.74) is 6.77. The number of aromatic nitrogens is 3. The molecule has 0 aliphatic heterocycles. The first-order valence-corrected chi connectivity index (χ1v) is 5.17. The van der Waals surface area contributed by atoms with Crippen molar-refractivity contribution < 1.29 is 14.6 Å². The van der Waals surface area contributed by atoms with Gasteiger partial charge in [-0.3, -0.25) is 4.68 Å². The number of hydrogen-bond acceptors (Lipinski definition) is 5. The molecule has 0 fully saturated rings. The van der Waals surface area contributed by atoms with E-state index in [4.69, 9.17) is 15.6 Å². The highest BCUT2D eigenvalue weighted by Crippen LogP contribution is 2.23. The molecule has 0 unspecified atom stereocenters. The van der Waals surface area contributed by atoms with Crippen LogP contribution < -0.4 is 10.5 Å². The monoisotopic (exact) mass is 248 g/mol. The van der Waals surface area contributed by atoms with Gasteiger partial charge in [-0.05, 0) is 18.2 Å². The molecule has 7 nitrogen and oxygen atoms in total. The number of carbonyl (C=O) groups is 1. The zero-order valence-electron chi connectivity index (χ0n) is 9.70. The van der Waals surface area contributed by atoms with Crippen molar-refractivity contribution in [2.75, 3.05) is 5.73 Å². The second-order valence-corrected chi connectivity index (χ2v) is 3.73. The lowest BCUT2D eigenvalue weighted by Crippen LogP contribution is -2.02. The van der Waals surface area contributed by atoms with Crippen molar-refractivity contribution in [3.8, 4) is 5.75 Å². The van der Waals surface area contributed by atoms with Gasteiger partial charge in [0.2, 0.25) is 0 Å². The fourth-order valence-corrected chi connectivity index (χ4v) is 1.43. The van der Waals surface area contributed by atoms with Gasteiger partial charge in [0.25, 0.3) is 0 Å². The van der Waals surface area contributed by atoms with Crippen LogP contribution >= 0.6 is 0 Å². The molecule has 0 saturated carbocycles. The fraction of sp³-hybridized carbons (Fsp3) is 0.182. The van der Waals surface area contributed by atoms with Crippen molar-refractivity contribution >= 4 is 11.7 Å². The first-order chi connectivity index (χ1) is 8.56. The van der Waals surface area contributed by atoms with Crippen LogP contribution in [-0.2, 0) is 13.7 Å². The second kappa shape index (κ2) is 4.74. The van der Waals surface area contributed by atoms with Crippen LogP contribution in [-0.4, -0.2) is 26.1 Å². The Kier molecular flexibility index (Phi) is 3.13. The highest BCUT2D eigenvalue weighted by atomic mass is 16.5. The number of aromatic carboxylic acids is 1. The van der Waals surface area contributed by atoms with E-state index in [2.05, 4.69) is 10.3 Å². The fourth-order valence-electron chi connectivity index (χ4n) is 1.43. The summed E-state index contributed by atoms with van der Waals surface area (Å²) in [7, 11) is 1.76. The van der Waals surface area contributed by atoms with E-state index in [0.717, 1.165) is 0 Å². The number of nitrogens with zero attached hydrogens (tertiary/aromatic N) is 3. The third-order valence-electron chi connectivity index (χ3n) is 2.28. The Hall–Kier alpha value is -2.57. The molecule has 0 aliphatic carbocycles. The summed E-state index contributed by atoms with van der Waals surface area (Å²) in [4.78, 5) is 10.7. The molecule has 0 aliphatic rings. The molecule has 7 heteroatoms. The molecule has 0 saturated heterocycles. The lowest BCUT2D eigenvalue weighted by Gasteiger charge is -2.07. The van der Waals surface area contributed by atoms with Gasteiger partial charge in [0.05, 0.1) is 17.4 Å². The van der Waals surface area contributed by atoms with E-state index in [1.54, 1.807) is 17.9 Å². The Morgan fingerprint density at radius 3 is 2.89 bits per heavy atom. The highest BCUT2D eigenvalue weighted by molar-refractivity contribution is 5.89. The van der Waals surface area contributed by atoms with E-state index in [9.17, 15) is 4.79 Å². The normalized spacial score (nSPS) is 10.3. The van der Waals surface area contributed by atoms with Gasteiger partial charge in [-0.1, -0.05) is 5.21 Å². The van der Waals surface area contributed by atoms with Gasteiger partial charge in [0.15, 0.2) is 0 Å². The first-order valence-electron chi connectivity index (χ1n) is 5.17.